The Morgan fingerprint density at radius 3 is 2.28 bits per heavy atom. The largest absolute Gasteiger partial charge is 0.368 e. The first kappa shape index (κ1) is 18.9. The van der Waals surface area contributed by atoms with Crippen LogP contribution in [0.25, 0.3) is 0 Å². The number of carbonyl (C=O) groups is 1. The van der Waals surface area contributed by atoms with E-state index in [0.29, 0.717) is 24.6 Å². The van der Waals surface area contributed by atoms with Crippen molar-refractivity contribution >= 4 is 23.1 Å². The molecule has 0 saturated carbocycles. The van der Waals surface area contributed by atoms with Crippen LogP contribution in [0.15, 0.2) is 60.9 Å². The van der Waals surface area contributed by atoms with Gasteiger partial charge in [0.1, 0.15) is 11.5 Å². The van der Waals surface area contributed by atoms with Crippen molar-refractivity contribution in [2.75, 3.05) is 36.4 Å². The lowest BCUT2D eigenvalue weighted by atomic mass is 10.2. The molecular formula is C23H25N5O. The molecule has 1 aliphatic rings. The van der Waals surface area contributed by atoms with E-state index in [1.165, 1.54) is 16.8 Å². The molecular weight excluding hydrogens is 362 g/mol. The van der Waals surface area contributed by atoms with Crippen LogP contribution < -0.4 is 10.2 Å². The monoisotopic (exact) mass is 387 g/mol. The van der Waals surface area contributed by atoms with Gasteiger partial charge in [-0.2, -0.15) is 0 Å². The Balaban J connectivity index is 1.36. The molecule has 1 N–H and O–H groups in total. The zero-order valence-electron chi connectivity index (χ0n) is 16.8. The maximum Gasteiger partial charge on any atom is 0.274 e. The molecule has 0 spiro atoms. The van der Waals surface area contributed by atoms with E-state index < -0.39 is 0 Å². The lowest BCUT2D eigenvalue weighted by Gasteiger charge is -2.36. The van der Waals surface area contributed by atoms with Crippen LogP contribution in [0.2, 0.25) is 0 Å². The number of aryl methyl sites for hydroxylation is 2. The maximum atomic E-state index is 12.8. The van der Waals surface area contributed by atoms with E-state index in [-0.39, 0.29) is 5.91 Å². The van der Waals surface area contributed by atoms with Gasteiger partial charge in [-0.15, -0.1) is 0 Å². The Labute approximate surface area is 171 Å². The van der Waals surface area contributed by atoms with E-state index in [9.17, 15) is 4.79 Å². The first-order valence-electron chi connectivity index (χ1n) is 9.85. The number of carbonyl (C=O) groups excluding carboxylic acids is 1. The van der Waals surface area contributed by atoms with Gasteiger partial charge >= 0.3 is 0 Å². The van der Waals surface area contributed by atoms with E-state index in [2.05, 4.69) is 51.4 Å². The van der Waals surface area contributed by atoms with E-state index in [1.54, 1.807) is 12.4 Å². The van der Waals surface area contributed by atoms with E-state index in [4.69, 9.17) is 0 Å². The van der Waals surface area contributed by atoms with Gasteiger partial charge in [-0.3, -0.25) is 4.79 Å². The molecule has 4 rings (SSSR count). The highest BCUT2D eigenvalue weighted by Gasteiger charge is 2.23. The third-order valence-corrected chi connectivity index (χ3v) is 5.10. The molecule has 0 radical (unpaired) electrons. The van der Waals surface area contributed by atoms with Crippen molar-refractivity contribution in [2.24, 2.45) is 0 Å². The second-order valence-electron chi connectivity index (χ2n) is 7.40. The van der Waals surface area contributed by atoms with Gasteiger partial charge < -0.3 is 15.1 Å². The Morgan fingerprint density at radius 1 is 0.897 bits per heavy atom. The van der Waals surface area contributed by atoms with Gasteiger partial charge in [-0.1, -0.05) is 24.3 Å². The smallest absolute Gasteiger partial charge is 0.274 e. The Bertz CT molecular complexity index is 994. The van der Waals surface area contributed by atoms with Crippen molar-refractivity contribution in [1.82, 2.24) is 14.9 Å². The molecule has 6 heteroatoms. The summed E-state index contributed by atoms with van der Waals surface area (Å²) in [6.45, 7) is 7.12. The minimum atomic E-state index is -0.0662. The van der Waals surface area contributed by atoms with Crippen molar-refractivity contribution in [3.05, 3.63) is 77.7 Å². The van der Waals surface area contributed by atoms with Crippen LogP contribution in [0.3, 0.4) is 0 Å². The van der Waals surface area contributed by atoms with Crippen LogP contribution in [0, 0.1) is 13.8 Å². The SMILES string of the molecule is Cc1cccc(Nc2cnc(C(=O)N3CCN(c4cccc(C)c4)CC3)cn2)c1. The molecule has 1 aromatic heterocycles. The molecule has 1 saturated heterocycles. The number of aromatic nitrogens is 2. The second-order valence-corrected chi connectivity index (χ2v) is 7.40. The van der Waals surface area contributed by atoms with E-state index >= 15 is 0 Å². The topological polar surface area (TPSA) is 61.4 Å². The zero-order chi connectivity index (χ0) is 20.2. The quantitative estimate of drug-likeness (QED) is 0.738. The summed E-state index contributed by atoms with van der Waals surface area (Å²) in [6.07, 6.45) is 3.16. The van der Waals surface area contributed by atoms with Gasteiger partial charge in [0.15, 0.2) is 0 Å². The van der Waals surface area contributed by atoms with Crippen molar-refractivity contribution in [2.45, 2.75) is 13.8 Å². The summed E-state index contributed by atoms with van der Waals surface area (Å²) < 4.78 is 0. The fourth-order valence-electron chi connectivity index (χ4n) is 3.53. The normalized spacial score (nSPS) is 14.0. The molecule has 2 heterocycles. The molecule has 6 nitrogen and oxygen atoms in total. The van der Waals surface area contributed by atoms with Crippen LogP contribution in [0.1, 0.15) is 21.6 Å². The molecule has 1 fully saturated rings. The number of benzene rings is 2. The van der Waals surface area contributed by atoms with Gasteiger partial charge in [-0.05, 0) is 49.2 Å². The minimum Gasteiger partial charge on any atom is -0.368 e. The Hall–Kier alpha value is -3.41. The highest BCUT2D eigenvalue weighted by molar-refractivity contribution is 5.92. The third kappa shape index (κ3) is 4.54. The Kier molecular flexibility index (Phi) is 5.42. The highest BCUT2D eigenvalue weighted by Crippen LogP contribution is 2.19. The predicted molar refractivity (Wildman–Crippen MR) is 116 cm³/mol. The summed E-state index contributed by atoms with van der Waals surface area (Å²) in [7, 11) is 0. The first-order chi connectivity index (χ1) is 14.1. The molecule has 0 aliphatic carbocycles. The first-order valence-corrected chi connectivity index (χ1v) is 9.85. The molecule has 0 bridgehead atoms. The number of amides is 1. The summed E-state index contributed by atoms with van der Waals surface area (Å²) in [6, 6.07) is 16.5. The van der Waals surface area contributed by atoms with E-state index in [0.717, 1.165) is 18.8 Å². The standard InChI is InChI=1S/C23H25N5O/c1-17-5-3-7-19(13-17)26-22-16-24-21(15-25-22)23(29)28-11-9-27(10-12-28)20-8-4-6-18(2)14-20/h3-8,13-16H,9-12H2,1-2H3,(H,25,26). The van der Waals surface area contributed by atoms with Crippen LogP contribution in [-0.2, 0) is 0 Å². The lowest BCUT2D eigenvalue weighted by Crippen LogP contribution is -2.49. The van der Waals surface area contributed by atoms with Gasteiger partial charge in [0, 0.05) is 37.6 Å². The number of piperazine rings is 1. The summed E-state index contributed by atoms with van der Waals surface area (Å²) >= 11 is 0. The van der Waals surface area contributed by atoms with Gasteiger partial charge in [0.25, 0.3) is 5.91 Å². The van der Waals surface area contributed by atoms with Crippen molar-refractivity contribution in [1.29, 1.82) is 0 Å². The molecule has 0 unspecified atom stereocenters. The Morgan fingerprint density at radius 2 is 1.62 bits per heavy atom. The van der Waals surface area contributed by atoms with Gasteiger partial charge in [0.05, 0.1) is 12.4 Å². The fraction of sp³-hybridized carbons (Fsp3) is 0.261. The number of hydrogen-bond donors (Lipinski definition) is 1. The van der Waals surface area contributed by atoms with Crippen molar-refractivity contribution in [3.8, 4) is 0 Å². The third-order valence-electron chi connectivity index (χ3n) is 5.10. The van der Waals surface area contributed by atoms with Crippen LogP contribution in [0.5, 0.6) is 0 Å². The van der Waals surface area contributed by atoms with Crippen LogP contribution in [-0.4, -0.2) is 47.0 Å². The number of rotatable bonds is 4. The molecule has 0 atom stereocenters. The molecule has 3 aromatic rings. The van der Waals surface area contributed by atoms with Gasteiger partial charge in [-0.25, -0.2) is 9.97 Å². The minimum absolute atomic E-state index is 0.0662. The van der Waals surface area contributed by atoms with Gasteiger partial charge in [0.2, 0.25) is 0 Å². The number of nitrogens with one attached hydrogen (secondary N) is 1. The molecule has 148 valence electrons. The average Bonchev–Trinajstić information content (AvgIpc) is 2.74. The summed E-state index contributed by atoms with van der Waals surface area (Å²) in [5.74, 6) is 0.555. The number of anilines is 3. The van der Waals surface area contributed by atoms with Crippen LogP contribution >= 0.6 is 0 Å². The maximum absolute atomic E-state index is 12.8. The molecule has 1 aliphatic heterocycles. The highest BCUT2D eigenvalue weighted by atomic mass is 16.2. The van der Waals surface area contributed by atoms with Crippen molar-refractivity contribution < 1.29 is 4.79 Å². The summed E-state index contributed by atoms with van der Waals surface area (Å²) in [5, 5.41) is 3.21. The lowest BCUT2D eigenvalue weighted by molar-refractivity contribution is 0.0740. The fourth-order valence-corrected chi connectivity index (χ4v) is 3.53. The summed E-state index contributed by atoms with van der Waals surface area (Å²) in [4.78, 5) is 25.7. The molecule has 2 aromatic carbocycles. The second kappa shape index (κ2) is 8.31. The average molecular weight is 387 g/mol. The predicted octanol–water partition coefficient (Wildman–Crippen LogP) is 3.80. The number of hydrogen-bond acceptors (Lipinski definition) is 5. The van der Waals surface area contributed by atoms with Crippen LogP contribution in [0.4, 0.5) is 17.2 Å². The molecule has 29 heavy (non-hydrogen) atoms. The number of nitrogens with zero attached hydrogens (tertiary/aromatic N) is 4. The van der Waals surface area contributed by atoms with E-state index in [1.807, 2.05) is 36.1 Å². The van der Waals surface area contributed by atoms with Crippen molar-refractivity contribution in [3.63, 3.8) is 0 Å². The molecule has 1 amide bonds. The zero-order valence-corrected chi connectivity index (χ0v) is 16.8. The summed E-state index contributed by atoms with van der Waals surface area (Å²) in [5.41, 5.74) is 4.95.